The number of carbonyl (C=O) groups is 1. The quantitative estimate of drug-likeness (QED) is 0.525. The van der Waals surface area contributed by atoms with E-state index in [1.165, 1.54) is 0 Å². The number of hydrogen-bond donors (Lipinski definition) is 1. The minimum absolute atomic E-state index is 0.152. The average Bonchev–Trinajstić information content (AvgIpc) is 3.69. The van der Waals surface area contributed by atoms with Crippen molar-refractivity contribution < 1.29 is 9.32 Å². The molecule has 7 heteroatoms. The molecule has 0 bridgehead atoms. The monoisotopic (exact) mass is 399 g/mol. The molecule has 0 atom stereocenters. The highest BCUT2D eigenvalue weighted by Crippen LogP contribution is 2.45. The molecule has 1 amide bonds. The number of nitrogens with zero attached hydrogens (tertiary/aromatic N) is 4. The number of aryl methyl sites for hydroxylation is 1. The molecule has 0 unspecified atom stereocenters. The summed E-state index contributed by atoms with van der Waals surface area (Å²) < 4.78 is 7.53. The Morgan fingerprint density at radius 2 is 1.90 bits per heavy atom. The van der Waals surface area contributed by atoms with Crippen LogP contribution in [-0.4, -0.2) is 25.6 Å². The number of anilines is 1. The zero-order chi connectivity index (χ0) is 20.2. The van der Waals surface area contributed by atoms with Gasteiger partial charge in [-0.2, -0.15) is 0 Å². The van der Waals surface area contributed by atoms with E-state index in [0.29, 0.717) is 23.1 Å². The molecule has 30 heavy (non-hydrogen) atoms. The molecular formula is C23H21N5O2. The van der Waals surface area contributed by atoms with Gasteiger partial charge in [0, 0.05) is 41.3 Å². The summed E-state index contributed by atoms with van der Waals surface area (Å²) in [4.78, 5) is 22.2. The molecule has 2 aliphatic carbocycles. The Bertz CT molecular complexity index is 1260. The van der Waals surface area contributed by atoms with Crippen LogP contribution in [0.1, 0.15) is 65.1 Å². The van der Waals surface area contributed by atoms with Gasteiger partial charge in [-0.25, -0.2) is 9.97 Å². The van der Waals surface area contributed by atoms with E-state index in [9.17, 15) is 4.79 Å². The summed E-state index contributed by atoms with van der Waals surface area (Å²) in [5.74, 6) is 1.57. The molecule has 1 N–H and O–H groups in total. The molecule has 0 saturated heterocycles. The third-order valence-electron chi connectivity index (χ3n) is 5.93. The van der Waals surface area contributed by atoms with Gasteiger partial charge in [0.05, 0.1) is 16.6 Å². The highest BCUT2D eigenvalue weighted by Gasteiger charge is 2.34. The number of benzene rings is 1. The Labute approximate surface area is 173 Å². The topological polar surface area (TPSA) is 85.8 Å². The Morgan fingerprint density at radius 1 is 1.13 bits per heavy atom. The van der Waals surface area contributed by atoms with Crippen LogP contribution in [-0.2, 0) is 0 Å². The number of hydrogen-bond acceptors (Lipinski definition) is 5. The van der Waals surface area contributed by atoms with Crippen molar-refractivity contribution in [3.63, 3.8) is 0 Å². The summed E-state index contributed by atoms with van der Waals surface area (Å²) in [6.45, 7) is 1.96. The van der Waals surface area contributed by atoms with E-state index in [1.807, 2.05) is 48.0 Å². The molecule has 2 aliphatic rings. The maximum absolute atomic E-state index is 13.3. The first-order valence-corrected chi connectivity index (χ1v) is 10.4. The summed E-state index contributed by atoms with van der Waals surface area (Å²) in [6.07, 6.45) is 8.08. The largest absolute Gasteiger partial charge is 0.335 e. The fourth-order valence-corrected chi connectivity index (χ4v) is 3.95. The van der Waals surface area contributed by atoms with E-state index in [4.69, 9.17) is 4.52 Å². The highest BCUT2D eigenvalue weighted by atomic mass is 16.5. The third-order valence-corrected chi connectivity index (χ3v) is 5.93. The van der Waals surface area contributed by atoms with Crippen LogP contribution in [0.4, 0.5) is 5.69 Å². The summed E-state index contributed by atoms with van der Waals surface area (Å²) in [5.41, 5.74) is 4.63. The Balaban J connectivity index is 1.34. The lowest BCUT2D eigenvalue weighted by atomic mass is 10.0. The van der Waals surface area contributed by atoms with Gasteiger partial charge >= 0.3 is 0 Å². The molecule has 3 aromatic heterocycles. The minimum atomic E-state index is -0.152. The van der Waals surface area contributed by atoms with Gasteiger partial charge in [0.1, 0.15) is 5.82 Å². The van der Waals surface area contributed by atoms with Crippen LogP contribution in [0.5, 0.6) is 0 Å². The molecule has 6 rings (SSSR count). The second-order valence-electron chi connectivity index (χ2n) is 8.24. The lowest BCUT2D eigenvalue weighted by Crippen LogP contribution is -2.13. The summed E-state index contributed by atoms with van der Waals surface area (Å²) in [6, 6.07) is 9.68. The number of aromatic nitrogens is 4. The van der Waals surface area contributed by atoms with Crippen molar-refractivity contribution in [1.29, 1.82) is 0 Å². The van der Waals surface area contributed by atoms with Crippen molar-refractivity contribution >= 4 is 22.7 Å². The van der Waals surface area contributed by atoms with Crippen LogP contribution >= 0.6 is 0 Å². The van der Waals surface area contributed by atoms with Crippen molar-refractivity contribution in [1.82, 2.24) is 19.7 Å². The van der Waals surface area contributed by atoms with Gasteiger partial charge in [-0.15, -0.1) is 0 Å². The van der Waals surface area contributed by atoms with Gasteiger partial charge < -0.3 is 14.4 Å². The van der Waals surface area contributed by atoms with Crippen LogP contribution in [0.25, 0.3) is 16.8 Å². The zero-order valence-electron chi connectivity index (χ0n) is 16.6. The van der Waals surface area contributed by atoms with E-state index < -0.39 is 0 Å². The second-order valence-corrected chi connectivity index (χ2v) is 8.24. The fourth-order valence-electron chi connectivity index (χ4n) is 3.95. The zero-order valence-corrected chi connectivity index (χ0v) is 16.6. The van der Waals surface area contributed by atoms with Crippen molar-refractivity contribution in [2.45, 2.75) is 44.4 Å². The molecule has 7 nitrogen and oxygen atoms in total. The summed E-state index contributed by atoms with van der Waals surface area (Å²) >= 11 is 0. The van der Waals surface area contributed by atoms with Crippen LogP contribution in [0, 0.1) is 6.92 Å². The normalized spacial score (nSPS) is 16.2. The Hall–Kier alpha value is -3.48. The third kappa shape index (κ3) is 2.98. The number of rotatable bonds is 5. The molecule has 2 fully saturated rings. The first-order valence-electron chi connectivity index (χ1n) is 10.4. The van der Waals surface area contributed by atoms with Crippen molar-refractivity contribution in [2.75, 3.05) is 5.32 Å². The first-order chi connectivity index (χ1) is 14.7. The van der Waals surface area contributed by atoms with Crippen molar-refractivity contribution in [3.8, 4) is 5.69 Å². The van der Waals surface area contributed by atoms with E-state index in [0.717, 1.165) is 59.7 Å². The fraction of sp³-hybridized carbons (Fsp3) is 0.304. The standard InChI is InChI=1S/C23H21N5O2/c1-13-24-10-11-28(13)17-8-6-16(7-9-17)25-22(29)18-12-19(14-2-3-14)26-23-20(18)21(27-30-23)15-4-5-15/h6-12,14-15H,2-5H2,1H3,(H,25,29). The SMILES string of the molecule is Cc1nccn1-c1ccc(NC(=O)c2cc(C3CC3)nc3onc(C4CC4)c23)cc1. The minimum Gasteiger partial charge on any atom is -0.335 e. The molecule has 0 radical (unpaired) electrons. The highest BCUT2D eigenvalue weighted by molar-refractivity contribution is 6.12. The van der Waals surface area contributed by atoms with Gasteiger partial charge in [-0.3, -0.25) is 4.79 Å². The van der Waals surface area contributed by atoms with E-state index in [2.05, 4.69) is 20.4 Å². The smallest absolute Gasteiger partial charge is 0.259 e. The molecule has 1 aromatic carbocycles. The number of carbonyl (C=O) groups excluding carboxylic acids is 1. The van der Waals surface area contributed by atoms with Crippen LogP contribution in [0.3, 0.4) is 0 Å². The molecule has 3 heterocycles. The molecule has 2 saturated carbocycles. The molecule has 150 valence electrons. The molecular weight excluding hydrogens is 378 g/mol. The van der Waals surface area contributed by atoms with Crippen molar-refractivity contribution in [3.05, 3.63) is 65.5 Å². The van der Waals surface area contributed by atoms with Gasteiger partial charge in [0.15, 0.2) is 0 Å². The lowest BCUT2D eigenvalue weighted by Gasteiger charge is -2.10. The van der Waals surface area contributed by atoms with E-state index >= 15 is 0 Å². The Morgan fingerprint density at radius 3 is 2.57 bits per heavy atom. The molecule has 4 aromatic rings. The number of imidazole rings is 1. The van der Waals surface area contributed by atoms with E-state index in [-0.39, 0.29) is 5.91 Å². The van der Waals surface area contributed by atoms with Crippen LogP contribution < -0.4 is 5.32 Å². The van der Waals surface area contributed by atoms with Gasteiger partial charge in [0.2, 0.25) is 0 Å². The second kappa shape index (κ2) is 6.52. The number of pyridine rings is 1. The first kappa shape index (κ1) is 17.4. The Kier molecular flexibility index (Phi) is 3.78. The number of nitrogens with one attached hydrogen (secondary N) is 1. The van der Waals surface area contributed by atoms with Crippen LogP contribution in [0.15, 0.2) is 47.2 Å². The predicted octanol–water partition coefficient (Wildman–Crippen LogP) is 4.72. The van der Waals surface area contributed by atoms with E-state index in [1.54, 1.807) is 6.20 Å². The van der Waals surface area contributed by atoms with Crippen molar-refractivity contribution in [2.24, 2.45) is 0 Å². The van der Waals surface area contributed by atoms with Gasteiger partial charge in [0.25, 0.3) is 11.6 Å². The average molecular weight is 399 g/mol. The maximum atomic E-state index is 13.3. The summed E-state index contributed by atoms with van der Waals surface area (Å²) in [7, 11) is 0. The van der Waals surface area contributed by atoms with Gasteiger partial charge in [-0.1, -0.05) is 5.16 Å². The maximum Gasteiger partial charge on any atom is 0.259 e. The molecule has 0 spiro atoms. The molecule has 0 aliphatic heterocycles. The number of amides is 1. The predicted molar refractivity (Wildman–Crippen MR) is 112 cm³/mol. The van der Waals surface area contributed by atoms with Crippen LogP contribution in [0.2, 0.25) is 0 Å². The lowest BCUT2D eigenvalue weighted by molar-refractivity contribution is 0.102. The van der Waals surface area contributed by atoms with Gasteiger partial charge in [-0.05, 0) is 62.9 Å². The summed E-state index contributed by atoms with van der Waals surface area (Å²) in [5, 5.41) is 8.06. The number of fused-ring (bicyclic) bond motifs is 1.